The van der Waals surface area contributed by atoms with E-state index in [0.717, 1.165) is 19.5 Å². The van der Waals surface area contributed by atoms with E-state index in [1.807, 2.05) is 13.8 Å². The van der Waals surface area contributed by atoms with Gasteiger partial charge >= 0.3 is 0 Å². The molecule has 0 aliphatic carbocycles. The first-order chi connectivity index (χ1) is 8.32. The molecule has 0 bridgehead atoms. The molecule has 1 saturated heterocycles. The van der Waals surface area contributed by atoms with Crippen LogP contribution in [0.1, 0.15) is 48.0 Å². The maximum absolute atomic E-state index is 12.3. The molecule has 0 radical (unpaired) electrons. The third-order valence-corrected chi connectivity index (χ3v) is 3.74. The third kappa shape index (κ3) is 3.98. The molecule has 0 aromatic carbocycles. The van der Waals surface area contributed by atoms with Crippen LogP contribution in [0.2, 0.25) is 0 Å². The lowest BCUT2D eigenvalue weighted by Gasteiger charge is -2.43. The highest BCUT2D eigenvalue weighted by Crippen LogP contribution is 2.20. The molecule has 1 N–H and O–H groups in total. The summed E-state index contributed by atoms with van der Waals surface area (Å²) in [6, 6.07) is 0.811. The minimum absolute atomic E-state index is 0.101. The largest absolute Gasteiger partial charge is 0.336 e. The number of hydrogen-bond donors (Lipinski definition) is 1. The minimum atomic E-state index is 0.101. The Labute approximate surface area is 112 Å². The van der Waals surface area contributed by atoms with E-state index in [0.29, 0.717) is 29.8 Å². The predicted octanol–water partition coefficient (Wildman–Crippen LogP) is 2.51. The number of amides is 1. The molecular formula is C15H30N2O. The van der Waals surface area contributed by atoms with Crippen molar-refractivity contribution in [2.45, 2.75) is 60.0 Å². The summed E-state index contributed by atoms with van der Waals surface area (Å²) >= 11 is 0. The van der Waals surface area contributed by atoms with Crippen molar-refractivity contribution >= 4 is 5.91 Å². The van der Waals surface area contributed by atoms with Crippen LogP contribution in [-0.2, 0) is 4.79 Å². The van der Waals surface area contributed by atoms with Crippen molar-refractivity contribution in [2.75, 3.05) is 13.1 Å². The van der Waals surface area contributed by atoms with Crippen LogP contribution in [0.25, 0.3) is 0 Å². The van der Waals surface area contributed by atoms with Crippen molar-refractivity contribution in [1.82, 2.24) is 10.2 Å². The Hall–Kier alpha value is -0.570. The van der Waals surface area contributed by atoms with Crippen LogP contribution in [-0.4, -0.2) is 36.0 Å². The van der Waals surface area contributed by atoms with Gasteiger partial charge in [0.25, 0.3) is 0 Å². The fourth-order valence-corrected chi connectivity index (χ4v) is 2.74. The second kappa shape index (κ2) is 6.55. The first-order valence-electron chi connectivity index (χ1n) is 7.36. The van der Waals surface area contributed by atoms with E-state index in [9.17, 15) is 4.79 Å². The molecule has 3 heteroatoms. The van der Waals surface area contributed by atoms with Crippen molar-refractivity contribution in [3.63, 3.8) is 0 Å². The van der Waals surface area contributed by atoms with E-state index in [-0.39, 0.29) is 5.92 Å². The SMILES string of the molecule is CC(C)CC1CN(C(=O)C(C)C)C(C(C)C)CN1. The highest BCUT2D eigenvalue weighted by molar-refractivity contribution is 5.78. The van der Waals surface area contributed by atoms with Gasteiger partial charge in [-0.3, -0.25) is 4.79 Å². The quantitative estimate of drug-likeness (QED) is 0.836. The van der Waals surface area contributed by atoms with Crippen LogP contribution in [0, 0.1) is 17.8 Å². The third-order valence-electron chi connectivity index (χ3n) is 3.74. The Morgan fingerprint density at radius 3 is 2.28 bits per heavy atom. The molecular weight excluding hydrogens is 224 g/mol. The molecule has 18 heavy (non-hydrogen) atoms. The van der Waals surface area contributed by atoms with E-state index < -0.39 is 0 Å². The molecule has 0 aromatic heterocycles. The molecule has 1 aliphatic heterocycles. The summed E-state index contributed by atoms with van der Waals surface area (Å²) in [6.45, 7) is 14.7. The van der Waals surface area contributed by atoms with Gasteiger partial charge in [0, 0.05) is 31.1 Å². The van der Waals surface area contributed by atoms with Gasteiger partial charge in [-0.15, -0.1) is 0 Å². The molecule has 106 valence electrons. The Morgan fingerprint density at radius 2 is 1.83 bits per heavy atom. The van der Waals surface area contributed by atoms with Crippen LogP contribution in [0.15, 0.2) is 0 Å². The summed E-state index contributed by atoms with van der Waals surface area (Å²) in [7, 11) is 0. The predicted molar refractivity (Wildman–Crippen MR) is 76.4 cm³/mol. The number of carbonyl (C=O) groups is 1. The van der Waals surface area contributed by atoms with Crippen LogP contribution >= 0.6 is 0 Å². The molecule has 2 atom stereocenters. The standard InChI is InChI=1S/C15H30N2O/c1-10(2)7-13-9-17(15(18)12(5)6)14(8-16-13)11(3)4/h10-14,16H,7-9H2,1-6H3. The molecule has 1 heterocycles. The Bertz CT molecular complexity index is 274. The summed E-state index contributed by atoms with van der Waals surface area (Å²) < 4.78 is 0. The number of rotatable bonds is 4. The zero-order chi connectivity index (χ0) is 13.9. The van der Waals surface area contributed by atoms with E-state index >= 15 is 0 Å². The fourth-order valence-electron chi connectivity index (χ4n) is 2.74. The maximum Gasteiger partial charge on any atom is 0.225 e. The average Bonchev–Trinajstić information content (AvgIpc) is 2.26. The summed E-state index contributed by atoms with van der Waals surface area (Å²) in [5, 5.41) is 3.61. The van der Waals surface area contributed by atoms with Crippen molar-refractivity contribution in [3.05, 3.63) is 0 Å². The number of nitrogens with one attached hydrogen (secondary N) is 1. The van der Waals surface area contributed by atoms with Crippen molar-refractivity contribution in [3.8, 4) is 0 Å². The van der Waals surface area contributed by atoms with Gasteiger partial charge in [-0.05, 0) is 18.3 Å². The Kier molecular flexibility index (Phi) is 5.64. The van der Waals surface area contributed by atoms with Gasteiger partial charge in [0.1, 0.15) is 0 Å². The minimum Gasteiger partial charge on any atom is -0.336 e. The highest BCUT2D eigenvalue weighted by atomic mass is 16.2. The summed E-state index contributed by atoms with van der Waals surface area (Å²) in [4.78, 5) is 14.5. The molecule has 1 aliphatic rings. The molecule has 0 spiro atoms. The summed E-state index contributed by atoms with van der Waals surface area (Å²) in [6.07, 6.45) is 1.15. The number of hydrogen-bond acceptors (Lipinski definition) is 2. The van der Waals surface area contributed by atoms with E-state index in [4.69, 9.17) is 0 Å². The van der Waals surface area contributed by atoms with Crippen LogP contribution < -0.4 is 5.32 Å². The highest BCUT2D eigenvalue weighted by Gasteiger charge is 2.33. The van der Waals surface area contributed by atoms with Crippen molar-refractivity contribution in [1.29, 1.82) is 0 Å². The monoisotopic (exact) mass is 254 g/mol. The second-order valence-corrected chi connectivity index (χ2v) is 6.69. The average molecular weight is 254 g/mol. The van der Waals surface area contributed by atoms with E-state index in [2.05, 4.69) is 37.9 Å². The Balaban J connectivity index is 2.73. The van der Waals surface area contributed by atoms with E-state index in [1.54, 1.807) is 0 Å². The fraction of sp³-hybridized carbons (Fsp3) is 0.933. The zero-order valence-corrected chi connectivity index (χ0v) is 12.9. The summed E-state index contributed by atoms with van der Waals surface area (Å²) in [5.41, 5.74) is 0. The molecule has 1 fully saturated rings. The first kappa shape index (κ1) is 15.5. The van der Waals surface area contributed by atoms with Gasteiger partial charge in [-0.1, -0.05) is 41.5 Å². The molecule has 3 nitrogen and oxygen atoms in total. The normalized spacial score (nSPS) is 25.3. The molecule has 0 saturated carbocycles. The van der Waals surface area contributed by atoms with Crippen molar-refractivity contribution < 1.29 is 4.79 Å². The van der Waals surface area contributed by atoms with Crippen LogP contribution in [0.3, 0.4) is 0 Å². The van der Waals surface area contributed by atoms with Gasteiger partial charge in [-0.2, -0.15) is 0 Å². The lowest BCUT2D eigenvalue weighted by atomic mass is 9.94. The topological polar surface area (TPSA) is 32.3 Å². The van der Waals surface area contributed by atoms with E-state index in [1.165, 1.54) is 0 Å². The summed E-state index contributed by atoms with van der Waals surface area (Å²) in [5.74, 6) is 1.60. The first-order valence-corrected chi connectivity index (χ1v) is 7.36. The number of piperazine rings is 1. The Morgan fingerprint density at radius 1 is 1.22 bits per heavy atom. The van der Waals surface area contributed by atoms with Gasteiger partial charge in [0.05, 0.1) is 0 Å². The molecule has 2 unspecified atom stereocenters. The lowest BCUT2D eigenvalue weighted by Crippen LogP contribution is -2.60. The van der Waals surface area contributed by atoms with Crippen LogP contribution in [0.4, 0.5) is 0 Å². The molecule has 1 rings (SSSR count). The van der Waals surface area contributed by atoms with Gasteiger partial charge in [-0.25, -0.2) is 0 Å². The van der Waals surface area contributed by atoms with Gasteiger partial charge in [0.2, 0.25) is 5.91 Å². The smallest absolute Gasteiger partial charge is 0.225 e. The zero-order valence-electron chi connectivity index (χ0n) is 12.9. The second-order valence-electron chi connectivity index (χ2n) is 6.69. The maximum atomic E-state index is 12.3. The number of nitrogens with zero attached hydrogens (tertiary/aromatic N) is 1. The van der Waals surface area contributed by atoms with Gasteiger partial charge < -0.3 is 10.2 Å². The molecule has 0 aromatic rings. The van der Waals surface area contributed by atoms with Crippen molar-refractivity contribution in [2.24, 2.45) is 17.8 Å². The van der Waals surface area contributed by atoms with Crippen LogP contribution in [0.5, 0.6) is 0 Å². The molecule has 1 amide bonds. The number of carbonyl (C=O) groups excluding carboxylic acids is 1. The van der Waals surface area contributed by atoms with Gasteiger partial charge in [0.15, 0.2) is 0 Å². The lowest BCUT2D eigenvalue weighted by molar-refractivity contribution is -0.139.